The first-order valence-corrected chi connectivity index (χ1v) is 4.21. The number of carbonyl (C=O) groups excluding carboxylic acids is 1. The highest BCUT2D eigenvalue weighted by Crippen LogP contribution is 2.01. The maximum absolute atomic E-state index is 11.0. The predicted molar refractivity (Wildman–Crippen MR) is 60.0 cm³/mol. The number of esters is 1. The molecule has 0 saturated heterocycles. The van der Waals surface area contributed by atoms with E-state index in [0.29, 0.717) is 0 Å². The molecule has 1 aromatic rings. The SMILES string of the molecule is Cl.N=C(N)CC(=O)OCc1ccccc1. The van der Waals surface area contributed by atoms with Crippen molar-refractivity contribution >= 4 is 24.2 Å². The number of nitrogens with one attached hydrogen (secondary N) is 1. The Morgan fingerprint density at radius 2 is 1.93 bits per heavy atom. The highest BCUT2D eigenvalue weighted by atomic mass is 35.5. The first-order valence-electron chi connectivity index (χ1n) is 4.21. The molecule has 15 heavy (non-hydrogen) atoms. The van der Waals surface area contributed by atoms with Gasteiger partial charge in [-0.2, -0.15) is 0 Å². The molecule has 5 heteroatoms. The van der Waals surface area contributed by atoms with Crippen LogP contribution < -0.4 is 5.73 Å². The van der Waals surface area contributed by atoms with E-state index in [4.69, 9.17) is 15.9 Å². The second kappa shape index (κ2) is 6.84. The molecular formula is C10H13ClN2O2. The number of halogens is 1. The molecule has 0 aliphatic carbocycles. The van der Waals surface area contributed by atoms with Gasteiger partial charge < -0.3 is 10.5 Å². The molecule has 1 aromatic carbocycles. The number of amidine groups is 1. The van der Waals surface area contributed by atoms with Gasteiger partial charge in [0.15, 0.2) is 0 Å². The van der Waals surface area contributed by atoms with E-state index in [9.17, 15) is 4.79 Å². The Kier molecular flexibility index (Phi) is 6.13. The molecule has 0 bridgehead atoms. The van der Waals surface area contributed by atoms with Crippen molar-refractivity contribution in [1.82, 2.24) is 0 Å². The monoisotopic (exact) mass is 228 g/mol. The smallest absolute Gasteiger partial charge is 0.313 e. The topological polar surface area (TPSA) is 76.2 Å². The summed E-state index contributed by atoms with van der Waals surface area (Å²) in [5.74, 6) is -0.649. The molecule has 4 nitrogen and oxygen atoms in total. The number of rotatable bonds is 4. The van der Waals surface area contributed by atoms with Crippen LogP contribution in [-0.2, 0) is 16.1 Å². The lowest BCUT2D eigenvalue weighted by Gasteiger charge is -2.03. The third-order valence-electron chi connectivity index (χ3n) is 1.58. The number of benzene rings is 1. The van der Waals surface area contributed by atoms with Gasteiger partial charge in [-0.1, -0.05) is 30.3 Å². The minimum atomic E-state index is -0.471. The Bertz CT molecular complexity index is 327. The first kappa shape index (κ1) is 13.4. The fraction of sp³-hybridized carbons (Fsp3) is 0.200. The molecule has 0 aliphatic rings. The van der Waals surface area contributed by atoms with Crippen LogP contribution in [0.1, 0.15) is 12.0 Å². The maximum atomic E-state index is 11.0. The minimum absolute atomic E-state index is 0. The molecule has 0 saturated carbocycles. The van der Waals surface area contributed by atoms with E-state index in [0.717, 1.165) is 5.56 Å². The zero-order chi connectivity index (χ0) is 10.4. The fourth-order valence-electron chi connectivity index (χ4n) is 0.945. The molecule has 0 unspecified atom stereocenters. The van der Waals surface area contributed by atoms with Gasteiger partial charge in [0.05, 0.1) is 0 Å². The summed E-state index contributed by atoms with van der Waals surface area (Å²) in [5.41, 5.74) is 5.97. The zero-order valence-electron chi connectivity index (χ0n) is 8.10. The predicted octanol–water partition coefficient (Wildman–Crippen LogP) is 1.48. The van der Waals surface area contributed by atoms with E-state index >= 15 is 0 Å². The summed E-state index contributed by atoms with van der Waals surface area (Å²) in [6.07, 6.45) is -0.146. The van der Waals surface area contributed by atoms with Crippen molar-refractivity contribution in [2.75, 3.05) is 0 Å². The van der Waals surface area contributed by atoms with E-state index in [1.165, 1.54) is 0 Å². The van der Waals surface area contributed by atoms with Crippen molar-refractivity contribution in [3.8, 4) is 0 Å². The highest BCUT2D eigenvalue weighted by Gasteiger charge is 2.04. The highest BCUT2D eigenvalue weighted by molar-refractivity contribution is 5.94. The molecule has 1 rings (SSSR count). The van der Waals surface area contributed by atoms with Gasteiger partial charge in [-0.25, -0.2) is 0 Å². The lowest BCUT2D eigenvalue weighted by atomic mass is 10.2. The van der Waals surface area contributed by atoms with Crippen LogP contribution in [0.2, 0.25) is 0 Å². The minimum Gasteiger partial charge on any atom is -0.460 e. The summed E-state index contributed by atoms with van der Waals surface area (Å²) in [6.45, 7) is 0.229. The van der Waals surface area contributed by atoms with Crippen LogP contribution in [0.4, 0.5) is 0 Å². The van der Waals surface area contributed by atoms with Crippen LogP contribution in [0.3, 0.4) is 0 Å². The van der Waals surface area contributed by atoms with Gasteiger partial charge in [-0.3, -0.25) is 10.2 Å². The van der Waals surface area contributed by atoms with E-state index in [-0.39, 0.29) is 31.3 Å². The number of nitrogens with two attached hydrogens (primary N) is 1. The first-order chi connectivity index (χ1) is 6.68. The van der Waals surface area contributed by atoms with E-state index < -0.39 is 5.97 Å². The zero-order valence-corrected chi connectivity index (χ0v) is 8.92. The Hall–Kier alpha value is -1.55. The number of ether oxygens (including phenoxy) is 1. The molecule has 0 atom stereocenters. The molecule has 0 spiro atoms. The van der Waals surface area contributed by atoms with Crippen LogP contribution in [0.25, 0.3) is 0 Å². The van der Waals surface area contributed by atoms with Crippen molar-refractivity contribution in [2.24, 2.45) is 5.73 Å². The van der Waals surface area contributed by atoms with Crippen LogP contribution >= 0.6 is 12.4 Å². The lowest BCUT2D eigenvalue weighted by Crippen LogP contribution is -2.17. The van der Waals surface area contributed by atoms with Gasteiger partial charge in [-0.15, -0.1) is 12.4 Å². The Labute approximate surface area is 94.3 Å². The average molecular weight is 229 g/mol. The van der Waals surface area contributed by atoms with E-state index in [2.05, 4.69) is 0 Å². The Morgan fingerprint density at radius 1 is 1.33 bits per heavy atom. The Morgan fingerprint density at radius 3 is 2.47 bits per heavy atom. The molecular weight excluding hydrogens is 216 g/mol. The van der Waals surface area contributed by atoms with Gasteiger partial charge in [0.2, 0.25) is 0 Å². The molecule has 0 aromatic heterocycles. The van der Waals surface area contributed by atoms with Gasteiger partial charge in [0, 0.05) is 0 Å². The molecule has 0 radical (unpaired) electrons. The number of hydrogen-bond donors (Lipinski definition) is 2. The van der Waals surface area contributed by atoms with Gasteiger partial charge in [0.1, 0.15) is 18.9 Å². The van der Waals surface area contributed by atoms with Crippen molar-refractivity contribution in [2.45, 2.75) is 13.0 Å². The number of hydrogen-bond acceptors (Lipinski definition) is 3. The largest absolute Gasteiger partial charge is 0.460 e. The summed E-state index contributed by atoms with van der Waals surface area (Å²) in [5, 5.41) is 6.88. The molecule has 0 fully saturated rings. The van der Waals surface area contributed by atoms with Crippen molar-refractivity contribution in [1.29, 1.82) is 5.41 Å². The van der Waals surface area contributed by atoms with E-state index in [1.54, 1.807) is 0 Å². The van der Waals surface area contributed by atoms with Gasteiger partial charge in [-0.05, 0) is 5.56 Å². The van der Waals surface area contributed by atoms with Crippen molar-refractivity contribution < 1.29 is 9.53 Å². The van der Waals surface area contributed by atoms with Gasteiger partial charge >= 0.3 is 5.97 Å². The van der Waals surface area contributed by atoms with Gasteiger partial charge in [0.25, 0.3) is 0 Å². The van der Waals surface area contributed by atoms with Crippen LogP contribution in [0.15, 0.2) is 30.3 Å². The summed E-state index contributed by atoms with van der Waals surface area (Å²) in [7, 11) is 0. The third-order valence-corrected chi connectivity index (χ3v) is 1.58. The summed E-state index contributed by atoms with van der Waals surface area (Å²) >= 11 is 0. The standard InChI is InChI=1S/C10H12N2O2.ClH/c11-9(12)6-10(13)14-7-8-4-2-1-3-5-8;/h1-5H,6-7H2,(H3,11,12);1H. The van der Waals surface area contributed by atoms with Crippen molar-refractivity contribution in [3.63, 3.8) is 0 Å². The van der Waals surface area contributed by atoms with Crippen LogP contribution in [-0.4, -0.2) is 11.8 Å². The lowest BCUT2D eigenvalue weighted by molar-refractivity contribution is -0.143. The molecule has 0 heterocycles. The molecule has 82 valence electrons. The molecule has 0 aliphatic heterocycles. The van der Waals surface area contributed by atoms with Crippen molar-refractivity contribution in [3.05, 3.63) is 35.9 Å². The molecule has 3 N–H and O–H groups in total. The summed E-state index contributed by atoms with van der Waals surface area (Å²) < 4.78 is 4.88. The average Bonchev–Trinajstić information content (AvgIpc) is 2.15. The second-order valence-corrected chi connectivity index (χ2v) is 2.85. The normalized spacial score (nSPS) is 8.80. The summed E-state index contributed by atoms with van der Waals surface area (Å²) in [6, 6.07) is 9.35. The van der Waals surface area contributed by atoms with Crippen LogP contribution in [0, 0.1) is 5.41 Å². The molecule has 0 amide bonds. The fourth-order valence-corrected chi connectivity index (χ4v) is 0.945. The Balaban J connectivity index is 0.00000196. The third kappa shape index (κ3) is 5.70. The van der Waals surface area contributed by atoms with Crippen LogP contribution in [0.5, 0.6) is 0 Å². The number of carbonyl (C=O) groups is 1. The maximum Gasteiger partial charge on any atom is 0.313 e. The summed E-state index contributed by atoms with van der Waals surface area (Å²) in [4.78, 5) is 11.0. The second-order valence-electron chi connectivity index (χ2n) is 2.85. The quantitative estimate of drug-likeness (QED) is 0.466. The van der Waals surface area contributed by atoms with E-state index in [1.807, 2.05) is 30.3 Å².